The van der Waals surface area contributed by atoms with E-state index in [4.69, 9.17) is 14.2 Å². The van der Waals surface area contributed by atoms with Crippen LogP contribution in [-0.2, 0) is 23.8 Å². The Morgan fingerprint density at radius 3 is 2.33 bits per heavy atom. The molecule has 0 saturated carbocycles. The summed E-state index contributed by atoms with van der Waals surface area (Å²) in [5.41, 5.74) is -3.69. The van der Waals surface area contributed by atoms with Gasteiger partial charge in [0.25, 0.3) is 0 Å². The Hall–Kier alpha value is -2.12. The van der Waals surface area contributed by atoms with E-state index in [0.29, 0.717) is 6.42 Å². The standard InChI is InChI=1S/C14H18N2O5/c1-3-19-11(17)8-14(12(18)20-4-2)13(9-15,10-16)6-5-7-21-14/h3-8H2,1-2H3/t14-/m0/s1. The van der Waals surface area contributed by atoms with Gasteiger partial charge in [-0.25, -0.2) is 4.79 Å². The quantitative estimate of drug-likeness (QED) is 0.698. The number of hydrogen-bond donors (Lipinski definition) is 0. The van der Waals surface area contributed by atoms with Crippen LogP contribution >= 0.6 is 0 Å². The van der Waals surface area contributed by atoms with E-state index in [2.05, 4.69) is 0 Å². The van der Waals surface area contributed by atoms with Gasteiger partial charge in [-0.2, -0.15) is 10.5 Å². The smallest absolute Gasteiger partial charge is 0.341 e. The number of rotatable bonds is 5. The van der Waals surface area contributed by atoms with Gasteiger partial charge in [-0.05, 0) is 26.7 Å². The van der Waals surface area contributed by atoms with Crippen LogP contribution in [0.3, 0.4) is 0 Å². The lowest BCUT2D eigenvalue weighted by molar-refractivity contribution is -0.198. The van der Waals surface area contributed by atoms with Gasteiger partial charge in [-0.15, -0.1) is 0 Å². The molecule has 114 valence electrons. The molecule has 1 rings (SSSR count). The van der Waals surface area contributed by atoms with Crippen LogP contribution in [0.1, 0.15) is 33.1 Å². The minimum Gasteiger partial charge on any atom is -0.466 e. The zero-order valence-corrected chi connectivity index (χ0v) is 12.2. The number of nitriles is 2. The van der Waals surface area contributed by atoms with Gasteiger partial charge in [0.05, 0.1) is 31.8 Å². The van der Waals surface area contributed by atoms with Crippen LogP contribution in [0.2, 0.25) is 0 Å². The predicted octanol–water partition coefficient (Wildman–Crippen LogP) is 1.09. The third-order valence-electron chi connectivity index (χ3n) is 3.42. The number of nitrogens with zero attached hydrogens (tertiary/aromatic N) is 2. The minimum atomic E-state index is -1.93. The van der Waals surface area contributed by atoms with Crippen molar-refractivity contribution in [2.24, 2.45) is 5.41 Å². The Morgan fingerprint density at radius 1 is 1.19 bits per heavy atom. The van der Waals surface area contributed by atoms with Crippen LogP contribution < -0.4 is 0 Å². The van der Waals surface area contributed by atoms with Crippen LogP contribution in [0.15, 0.2) is 0 Å². The summed E-state index contributed by atoms with van der Waals surface area (Å²) in [6.45, 7) is 3.57. The molecular weight excluding hydrogens is 276 g/mol. The fourth-order valence-electron chi connectivity index (χ4n) is 2.40. The van der Waals surface area contributed by atoms with Crippen molar-refractivity contribution in [2.45, 2.75) is 38.7 Å². The highest BCUT2D eigenvalue weighted by Crippen LogP contribution is 2.45. The Labute approximate surface area is 123 Å². The van der Waals surface area contributed by atoms with E-state index in [1.807, 2.05) is 12.1 Å². The molecular formula is C14H18N2O5. The molecule has 7 nitrogen and oxygen atoms in total. The second-order valence-corrected chi connectivity index (χ2v) is 4.61. The van der Waals surface area contributed by atoms with Crippen molar-refractivity contribution < 1.29 is 23.8 Å². The van der Waals surface area contributed by atoms with Crippen molar-refractivity contribution in [3.63, 3.8) is 0 Å². The third-order valence-corrected chi connectivity index (χ3v) is 3.42. The maximum Gasteiger partial charge on any atom is 0.341 e. The monoisotopic (exact) mass is 294 g/mol. The molecule has 21 heavy (non-hydrogen) atoms. The Balaban J connectivity index is 3.28. The summed E-state index contributed by atoms with van der Waals surface area (Å²) in [6, 6.07) is 3.70. The first-order chi connectivity index (χ1) is 10.0. The average Bonchev–Trinajstić information content (AvgIpc) is 2.48. The van der Waals surface area contributed by atoms with E-state index >= 15 is 0 Å². The molecule has 0 aromatic rings. The van der Waals surface area contributed by atoms with Crippen molar-refractivity contribution >= 4 is 11.9 Å². The maximum atomic E-state index is 12.3. The molecule has 1 heterocycles. The van der Waals surface area contributed by atoms with Crippen LogP contribution in [0.4, 0.5) is 0 Å². The highest BCUT2D eigenvalue weighted by atomic mass is 16.6. The number of carbonyl (C=O) groups excluding carboxylic acids is 2. The number of hydrogen-bond acceptors (Lipinski definition) is 7. The van der Waals surface area contributed by atoms with E-state index in [1.165, 1.54) is 0 Å². The molecule has 0 unspecified atom stereocenters. The van der Waals surface area contributed by atoms with Gasteiger partial charge in [-0.1, -0.05) is 0 Å². The molecule has 1 fully saturated rings. The van der Waals surface area contributed by atoms with Crippen LogP contribution in [0, 0.1) is 28.1 Å². The van der Waals surface area contributed by atoms with Crippen LogP contribution in [0.5, 0.6) is 0 Å². The Morgan fingerprint density at radius 2 is 1.81 bits per heavy atom. The molecule has 1 aliphatic heterocycles. The molecule has 0 spiro atoms. The van der Waals surface area contributed by atoms with E-state index in [9.17, 15) is 20.1 Å². The van der Waals surface area contributed by atoms with Crippen molar-refractivity contribution in [2.75, 3.05) is 19.8 Å². The first-order valence-electron chi connectivity index (χ1n) is 6.81. The SMILES string of the molecule is CCOC(=O)C[C@@]1(C(=O)OCC)OCCCC1(C#N)C#N. The largest absolute Gasteiger partial charge is 0.466 e. The zero-order chi connectivity index (χ0) is 15.9. The lowest BCUT2D eigenvalue weighted by Crippen LogP contribution is -2.59. The molecule has 0 amide bonds. The molecule has 0 radical (unpaired) electrons. The van der Waals surface area contributed by atoms with Crippen LogP contribution in [0.25, 0.3) is 0 Å². The lowest BCUT2D eigenvalue weighted by Gasteiger charge is -2.42. The zero-order valence-electron chi connectivity index (χ0n) is 12.2. The molecule has 0 aromatic carbocycles. The van der Waals surface area contributed by atoms with Gasteiger partial charge in [-0.3, -0.25) is 4.79 Å². The van der Waals surface area contributed by atoms with Crippen molar-refractivity contribution in [1.82, 2.24) is 0 Å². The Bertz CT molecular complexity index is 477. The van der Waals surface area contributed by atoms with Crippen molar-refractivity contribution in [1.29, 1.82) is 10.5 Å². The molecule has 1 aliphatic rings. The second kappa shape index (κ2) is 7.05. The highest BCUT2D eigenvalue weighted by molar-refractivity contribution is 5.88. The fraction of sp³-hybridized carbons (Fsp3) is 0.714. The summed E-state index contributed by atoms with van der Waals surface area (Å²) in [7, 11) is 0. The summed E-state index contributed by atoms with van der Waals surface area (Å²) >= 11 is 0. The summed E-state index contributed by atoms with van der Waals surface area (Å²) in [6.07, 6.45) is 0.0735. The molecule has 1 saturated heterocycles. The van der Waals surface area contributed by atoms with Gasteiger partial charge in [0, 0.05) is 6.61 Å². The number of ether oxygens (including phenoxy) is 3. The van der Waals surface area contributed by atoms with Crippen molar-refractivity contribution in [3.05, 3.63) is 0 Å². The second-order valence-electron chi connectivity index (χ2n) is 4.61. The van der Waals surface area contributed by atoms with Gasteiger partial charge in [0.2, 0.25) is 5.60 Å². The molecule has 0 N–H and O–H groups in total. The van der Waals surface area contributed by atoms with Gasteiger partial charge in [0.1, 0.15) is 0 Å². The first kappa shape index (κ1) is 16.9. The number of esters is 2. The molecule has 0 aliphatic carbocycles. The Kier molecular flexibility index (Phi) is 5.69. The summed E-state index contributed by atoms with van der Waals surface area (Å²) in [5.74, 6) is -1.58. The summed E-state index contributed by atoms with van der Waals surface area (Å²) in [4.78, 5) is 24.2. The minimum absolute atomic E-state index is 0.0553. The van der Waals surface area contributed by atoms with E-state index < -0.39 is 29.4 Å². The molecule has 0 bridgehead atoms. The van der Waals surface area contributed by atoms with Crippen LogP contribution in [-0.4, -0.2) is 37.4 Å². The third kappa shape index (κ3) is 2.98. The first-order valence-corrected chi connectivity index (χ1v) is 6.81. The van der Waals surface area contributed by atoms with Gasteiger partial charge >= 0.3 is 11.9 Å². The predicted molar refractivity (Wildman–Crippen MR) is 69.5 cm³/mol. The van der Waals surface area contributed by atoms with E-state index in [1.54, 1.807) is 13.8 Å². The molecule has 1 atom stereocenters. The maximum absolute atomic E-state index is 12.3. The highest BCUT2D eigenvalue weighted by Gasteiger charge is 2.63. The van der Waals surface area contributed by atoms with Crippen molar-refractivity contribution in [3.8, 4) is 12.1 Å². The van der Waals surface area contributed by atoms with Gasteiger partial charge < -0.3 is 14.2 Å². The fourth-order valence-corrected chi connectivity index (χ4v) is 2.40. The summed E-state index contributed by atoms with van der Waals surface area (Å²) in [5, 5.41) is 18.8. The normalized spacial score (nSPS) is 23.4. The van der Waals surface area contributed by atoms with E-state index in [-0.39, 0.29) is 26.2 Å². The van der Waals surface area contributed by atoms with E-state index in [0.717, 1.165) is 0 Å². The molecule has 0 aromatic heterocycles. The van der Waals surface area contributed by atoms with Gasteiger partial charge in [0.15, 0.2) is 5.41 Å². The molecule has 7 heteroatoms. The average molecular weight is 294 g/mol. The topological polar surface area (TPSA) is 109 Å². The summed E-state index contributed by atoms with van der Waals surface area (Å²) < 4.78 is 15.3. The number of carbonyl (C=O) groups is 2. The lowest BCUT2D eigenvalue weighted by atomic mass is 9.67.